The van der Waals surface area contributed by atoms with Crippen LogP contribution in [0.3, 0.4) is 0 Å². The van der Waals surface area contributed by atoms with E-state index in [2.05, 4.69) is 27.7 Å². The molecule has 0 bridgehead atoms. The number of Topliss-reactive ketones (excluding diaryl/α,β-unsaturated/α-hetero) is 4. The third-order valence-electron chi connectivity index (χ3n) is 13.2. The van der Waals surface area contributed by atoms with Crippen molar-refractivity contribution in [2.75, 3.05) is 0 Å². The summed E-state index contributed by atoms with van der Waals surface area (Å²) in [6.45, 7) is 13.8. The maximum atomic E-state index is 14.3. The highest BCUT2D eigenvalue weighted by Gasteiger charge is 2.78. The first-order valence-electron chi connectivity index (χ1n) is 14.2. The summed E-state index contributed by atoms with van der Waals surface area (Å²) < 4.78 is 0. The molecule has 10 atom stereocenters. The Morgan fingerprint density at radius 3 is 2.03 bits per heavy atom. The fraction of sp³-hybridized carbons (Fsp3) is 0.806. The van der Waals surface area contributed by atoms with Gasteiger partial charge in [0, 0.05) is 17.3 Å². The van der Waals surface area contributed by atoms with E-state index in [1.165, 1.54) is 6.92 Å². The molecule has 0 aromatic heterocycles. The fourth-order valence-electron chi connectivity index (χ4n) is 10.5. The Balaban J connectivity index is 1.70. The second-order valence-electron chi connectivity index (χ2n) is 15.3. The van der Waals surface area contributed by atoms with Crippen molar-refractivity contribution in [3.05, 3.63) is 0 Å². The molecule has 38 heavy (non-hydrogen) atoms. The van der Waals surface area contributed by atoms with Gasteiger partial charge in [0.25, 0.3) is 0 Å². The lowest BCUT2D eigenvalue weighted by atomic mass is 9.30. The molecule has 5 fully saturated rings. The highest BCUT2D eigenvalue weighted by Crippen LogP contribution is 2.75. The molecule has 5 rings (SSSR count). The fourth-order valence-corrected chi connectivity index (χ4v) is 10.5. The van der Waals surface area contributed by atoms with Crippen LogP contribution in [0.15, 0.2) is 0 Å². The minimum atomic E-state index is -1.98. The van der Waals surface area contributed by atoms with E-state index in [1.807, 2.05) is 6.92 Å². The maximum Gasteiger partial charge on any atom is 0.317 e. The van der Waals surface area contributed by atoms with Crippen molar-refractivity contribution in [1.29, 1.82) is 5.26 Å². The summed E-state index contributed by atoms with van der Waals surface area (Å²) in [5.74, 6) is -8.17. The monoisotopic (exact) mass is 523 g/mol. The standard InChI is InChI=1S/C31H41NO6/c1-26(2)10-11-27(3)12-13-28(4)19(17(27)14-26)20(33)21(34)22-29(28,5)9-8-18-30(22,6)23(35)16(15-32)24(36)31(18,7)25(37)38/h16-19,22H,8-14H2,1-7H3,(H,37,38)/t16?,17-,18?,19+,22?,27-,28-,29-,30+,31?/m1/s1. The van der Waals surface area contributed by atoms with Gasteiger partial charge in [-0.15, -0.1) is 0 Å². The van der Waals surface area contributed by atoms with Crippen molar-refractivity contribution < 1.29 is 29.1 Å². The van der Waals surface area contributed by atoms with Crippen molar-refractivity contribution in [1.82, 2.24) is 0 Å². The van der Waals surface area contributed by atoms with Gasteiger partial charge < -0.3 is 5.11 Å². The smallest absolute Gasteiger partial charge is 0.317 e. The van der Waals surface area contributed by atoms with Crippen LogP contribution in [0, 0.1) is 73.4 Å². The highest BCUT2D eigenvalue weighted by atomic mass is 16.4. The van der Waals surface area contributed by atoms with Crippen molar-refractivity contribution >= 4 is 29.1 Å². The largest absolute Gasteiger partial charge is 0.480 e. The molecule has 0 aromatic rings. The Bertz CT molecular complexity index is 1230. The molecule has 7 heteroatoms. The van der Waals surface area contributed by atoms with Gasteiger partial charge in [0.1, 0.15) is 5.41 Å². The highest BCUT2D eigenvalue weighted by molar-refractivity contribution is 6.41. The van der Waals surface area contributed by atoms with Gasteiger partial charge in [0.05, 0.1) is 6.07 Å². The third kappa shape index (κ3) is 2.88. The van der Waals surface area contributed by atoms with Gasteiger partial charge in [0.2, 0.25) is 11.6 Å². The number of carboxylic acid groups (broad SMARTS) is 1. The second-order valence-corrected chi connectivity index (χ2v) is 15.3. The number of ketones is 4. The molecule has 0 aromatic carbocycles. The minimum Gasteiger partial charge on any atom is -0.480 e. The summed E-state index contributed by atoms with van der Waals surface area (Å²) in [6, 6.07) is 1.76. The Hall–Kier alpha value is -2.36. The zero-order valence-electron chi connectivity index (χ0n) is 23.8. The summed E-state index contributed by atoms with van der Waals surface area (Å²) in [4.78, 5) is 68.5. The Morgan fingerprint density at radius 1 is 0.842 bits per heavy atom. The van der Waals surface area contributed by atoms with E-state index in [4.69, 9.17) is 0 Å². The number of carbonyl (C=O) groups excluding carboxylic acids is 4. The quantitative estimate of drug-likeness (QED) is 0.386. The molecule has 0 aliphatic heterocycles. The summed E-state index contributed by atoms with van der Waals surface area (Å²) in [7, 11) is 0. The van der Waals surface area contributed by atoms with Gasteiger partial charge in [0.15, 0.2) is 17.5 Å². The Labute approximate surface area is 225 Å². The molecule has 0 amide bonds. The van der Waals surface area contributed by atoms with Crippen LogP contribution < -0.4 is 0 Å². The summed E-state index contributed by atoms with van der Waals surface area (Å²) >= 11 is 0. The SMILES string of the molecule is CC1(C)CC[C@]2(C)CC[C@]3(C)[C@H](C(=O)C(=O)C4[C@@]5(C)C(=O)C(C#N)C(=O)C(C)(C(=O)O)C5CC[C@]43C)[C@H]2C1. The topological polar surface area (TPSA) is 129 Å². The Morgan fingerprint density at radius 2 is 1.45 bits per heavy atom. The lowest BCUT2D eigenvalue weighted by Crippen LogP contribution is -2.75. The Kier molecular flexibility index (Phi) is 5.47. The van der Waals surface area contributed by atoms with Gasteiger partial charge in [-0.3, -0.25) is 24.0 Å². The molecule has 206 valence electrons. The number of carbonyl (C=O) groups is 5. The number of nitrogens with zero attached hydrogens (tertiary/aromatic N) is 1. The number of aliphatic carboxylic acids is 1. The maximum absolute atomic E-state index is 14.3. The van der Waals surface area contributed by atoms with Crippen LogP contribution in [0.25, 0.3) is 0 Å². The second kappa shape index (κ2) is 7.64. The van der Waals surface area contributed by atoms with Gasteiger partial charge in [-0.05, 0) is 85.4 Å². The van der Waals surface area contributed by atoms with Crippen LogP contribution in [-0.4, -0.2) is 34.2 Å². The van der Waals surface area contributed by atoms with Gasteiger partial charge in [-0.2, -0.15) is 5.26 Å². The lowest BCUT2D eigenvalue weighted by molar-refractivity contribution is -0.226. The van der Waals surface area contributed by atoms with E-state index in [0.29, 0.717) is 6.42 Å². The van der Waals surface area contributed by atoms with E-state index in [9.17, 15) is 34.3 Å². The number of rotatable bonds is 1. The van der Waals surface area contributed by atoms with E-state index >= 15 is 0 Å². The van der Waals surface area contributed by atoms with Crippen LogP contribution in [0.2, 0.25) is 0 Å². The summed E-state index contributed by atoms with van der Waals surface area (Å²) in [6.07, 6.45) is 5.38. The number of hydrogen-bond acceptors (Lipinski definition) is 6. The molecule has 0 spiro atoms. The van der Waals surface area contributed by atoms with Crippen molar-refractivity contribution in [2.45, 2.75) is 93.4 Å². The molecular formula is C31H41NO6. The first-order chi connectivity index (χ1) is 17.4. The molecular weight excluding hydrogens is 482 g/mol. The number of hydrogen-bond donors (Lipinski definition) is 1. The molecule has 0 saturated heterocycles. The van der Waals surface area contributed by atoms with E-state index in [1.54, 1.807) is 13.0 Å². The first-order valence-corrected chi connectivity index (χ1v) is 14.2. The summed E-state index contributed by atoms with van der Waals surface area (Å²) in [5.41, 5.74) is -4.84. The van der Waals surface area contributed by atoms with Gasteiger partial charge >= 0.3 is 5.97 Å². The number of fused-ring (bicyclic) bond motifs is 7. The van der Waals surface area contributed by atoms with Crippen molar-refractivity contribution in [2.24, 2.45) is 62.1 Å². The zero-order valence-corrected chi connectivity index (χ0v) is 23.8. The van der Waals surface area contributed by atoms with Crippen molar-refractivity contribution in [3.63, 3.8) is 0 Å². The van der Waals surface area contributed by atoms with Gasteiger partial charge in [-0.1, -0.05) is 41.5 Å². The summed E-state index contributed by atoms with van der Waals surface area (Å²) in [5, 5.41) is 20.1. The van der Waals surface area contributed by atoms with E-state index < -0.39 is 74.4 Å². The van der Waals surface area contributed by atoms with Gasteiger partial charge in [-0.25, -0.2) is 0 Å². The predicted molar refractivity (Wildman–Crippen MR) is 137 cm³/mol. The molecule has 4 unspecified atom stereocenters. The van der Waals surface area contributed by atoms with Crippen LogP contribution >= 0.6 is 0 Å². The zero-order chi connectivity index (χ0) is 28.4. The molecule has 5 saturated carbocycles. The lowest BCUT2D eigenvalue weighted by Gasteiger charge is -2.71. The predicted octanol–water partition coefficient (Wildman–Crippen LogP) is 4.81. The average Bonchev–Trinajstić information content (AvgIpc) is 2.82. The third-order valence-corrected chi connectivity index (χ3v) is 13.2. The van der Waals surface area contributed by atoms with Crippen LogP contribution in [-0.2, 0) is 24.0 Å². The molecule has 0 heterocycles. The van der Waals surface area contributed by atoms with Crippen LogP contribution in [0.5, 0.6) is 0 Å². The molecule has 5 aliphatic carbocycles. The van der Waals surface area contributed by atoms with E-state index in [-0.39, 0.29) is 23.2 Å². The number of nitriles is 1. The normalized spacial score (nSPS) is 51.7. The van der Waals surface area contributed by atoms with Crippen molar-refractivity contribution in [3.8, 4) is 6.07 Å². The average molecular weight is 524 g/mol. The molecule has 0 radical (unpaired) electrons. The number of carboxylic acids is 1. The van der Waals surface area contributed by atoms with Crippen LogP contribution in [0.1, 0.15) is 93.4 Å². The van der Waals surface area contributed by atoms with E-state index in [0.717, 1.165) is 32.1 Å². The first kappa shape index (κ1) is 27.2. The molecule has 7 nitrogen and oxygen atoms in total. The molecule has 5 aliphatic rings. The molecule has 1 N–H and O–H groups in total. The minimum absolute atomic E-state index is 0.0270. The van der Waals surface area contributed by atoms with Crippen LogP contribution in [0.4, 0.5) is 0 Å².